The van der Waals surface area contributed by atoms with Gasteiger partial charge < -0.3 is 25.3 Å². The summed E-state index contributed by atoms with van der Waals surface area (Å²) < 4.78 is 5.96. The van der Waals surface area contributed by atoms with Crippen LogP contribution in [-0.4, -0.2) is 33.6 Å². The molecule has 1 aromatic heterocycles. The number of aromatic amines is 1. The third-order valence-corrected chi connectivity index (χ3v) is 5.26. The number of carbonyl (C=O) groups is 2. The monoisotopic (exact) mass is 458 g/mol. The van der Waals surface area contributed by atoms with Gasteiger partial charge in [-0.05, 0) is 35.2 Å². The summed E-state index contributed by atoms with van der Waals surface area (Å²) in [6, 6.07) is 22.5. The van der Waals surface area contributed by atoms with Crippen molar-refractivity contribution in [2.24, 2.45) is 0 Å². The maximum atomic E-state index is 12.7. The van der Waals surface area contributed by atoms with Crippen molar-refractivity contribution in [1.82, 2.24) is 10.3 Å². The van der Waals surface area contributed by atoms with E-state index in [0.29, 0.717) is 23.3 Å². The van der Waals surface area contributed by atoms with Crippen molar-refractivity contribution in [2.75, 3.05) is 6.54 Å². The third kappa shape index (κ3) is 5.07. The predicted octanol–water partition coefficient (Wildman–Crippen LogP) is 3.22. The standard InChI is InChI=1S/C26H22N2O6/c29-21(30)14-27-25(32)22-24(31)20-13-19(34-15-17-9-5-2-6-10-17)12-18(23(20)28-26(22)33)11-16-7-3-1-4-8-16/h1-10,12-13H,11,14-15H2,(H,27,32)(H,29,30)(H2,28,31,33). The van der Waals surface area contributed by atoms with Crippen LogP contribution in [0.25, 0.3) is 10.9 Å². The van der Waals surface area contributed by atoms with Crippen LogP contribution in [0, 0.1) is 0 Å². The molecule has 8 nitrogen and oxygen atoms in total. The van der Waals surface area contributed by atoms with Crippen molar-refractivity contribution >= 4 is 22.8 Å². The van der Waals surface area contributed by atoms with E-state index in [4.69, 9.17) is 9.84 Å². The number of rotatable bonds is 8. The van der Waals surface area contributed by atoms with Crippen LogP contribution in [0.1, 0.15) is 27.0 Å². The Balaban J connectivity index is 1.79. The Morgan fingerprint density at radius 1 is 0.941 bits per heavy atom. The van der Waals surface area contributed by atoms with E-state index in [2.05, 4.69) is 10.3 Å². The van der Waals surface area contributed by atoms with Crippen LogP contribution >= 0.6 is 0 Å². The fourth-order valence-electron chi connectivity index (χ4n) is 3.66. The molecular formula is C26H22N2O6. The van der Waals surface area contributed by atoms with Gasteiger partial charge in [0.15, 0.2) is 0 Å². The number of carbonyl (C=O) groups excluding carboxylic acids is 1. The summed E-state index contributed by atoms with van der Waals surface area (Å²) in [4.78, 5) is 38.6. The van der Waals surface area contributed by atoms with Gasteiger partial charge in [0.1, 0.15) is 30.2 Å². The first-order chi connectivity index (χ1) is 16.4. The van der Waals surface area contributed by atoms with Gasteiger partial charge in [0.2, 0.25) is 0 Å². The highest BCUT2D eigenvalue weighted by molar-refractivity contribution is 6.03. The Hall–Kier alpha value is -4.59. The summed E-state index contributed by atoms with van der Waals surface area (Å²) in [6.45, 7) is -0.400. The van der Waals surface area contributed by atoms with Crippen LogP contribution in [0.15, 0.2) is 77.6 Å². The van der Waals surface area contributed by atoms with Gasteiger partial charge in [0, 0.05) is 5.39 Å². The molecule has 0 fully saturated rings. The Bertz CT molecular complexity index is 1400. The van der Waals surface area contributed by atoms with Gasteiger partial charge in [-0.3, -0.25) is 14.4 Å². The molecule has 172 valence electrons. The maximum Gasteiger partial charge on any atom is 0.322 e. The van der Waals surface area contributed by atoms with Gasteiger partial charge >= 0.3 is 5.97 Å². The number of benzene rings is 3. The van der Waals surface area contributed by atoms with E-state index >= 15 is 0 Å². The molecule has 0 atom stereocenters. The quantitative estimate of drug-likeness (QED) is 0.321. The third-order valence-electron chi connectivity index (χ3n) is 5.26. The molecule has 0 aliphatic carbocycles. The number of nitrogens with one attached hydrogen (secondary N) is 2. The van der Waals surface area contributed by atoms with Crippen LogP contribution in [0.3, 0.4) is 0 Å². The number of fused-ring (bicyclic) bond motifs is 1. The average molecular weight is 458 g/mol. The minimum absolute atomic E-state index is 0.219. The van der Waals surface area contributed by atoms with Crippen molar-refractivity contribution in [1.29, 1.82) is 0 Å². The maximum absolute atomic E-state index is 12.7. The second-order valence-corrected chi connectivity index (χ2v) is 7.70. The normalized spacial score (nSPS) is 10.7. The van der Waals surface area contributed by atoms with Gasteiger partial charge in [-0.1, -0.05) is 60.7 Å². The van der Waals surface area contributed by atoms with E-state index in [0.717, 1.165) is 11.1 Å². The number of H-pyrrole nitrogens is 1. The number of hydrogen-bond acceptors (Lipinski definition) is 5. The molecule has 34 heavy (non-hydrogen) atoms. The Morgan fingerprint density at radius 3 is 2.24 bits per heavy atom. The number of aromatic hydroxyl groups is 1. The highest BCUT2D eigenvalue weighted by Gasteiger charge is 2.22. The van der Waals surface area contributed by atoms with Gasteiger partial charge in [0.05, 0.1) is 5.52 Å². The lowest BCUT2D eigenvalue weighted by Crippen LogP contribution is -2.33. The van der Waals surface area contributed by atoms with Crippen molar-refractivity contribution in [3.8, 4) is 11.5 Å². The van der Waals surface area contributed by atoms with Gasteiger partial charge in [-0.25, -0.2) is 0 Å². The number of amides is 1. The second-order valence-electron chi connectivity index (χ2n) is 7.70. The first-order valence-electron chi connectivity index (χ1n) is 10.5. The van der Waals surface area contributed by atoms with Crippen LogP contribution in [0.2, 0.25) is 0 Å². The molecule has 4 rings (SSSR count). The largest absolute Gasteiger partial charge is 0.506 e. The zero-order valence-electron chi connectivity index (χ0n) is 18.1. The number of carboxylic acids is 1. The van der Waals surface area contributed by atoms with E-state index in [-0.39, 0.29) is 12.0 Å². The fraction of sp³-hybridized carbons (Fsp3) is 0.115. The number of pyridine rings is 1. The molecule has 0 bridgehead atoms. The van der Waals surface area contributed by atoms with E-state index in [9.17, 15) is 19.5 Å². The highest BCUT2D eigenvalue weighted by Crippen LogP contribution is 2.33. The van der Waals surface area contributed by atoms with Crippen molar-refractivity contribution in [3.05, 3.63) is 105 Å². The van der Waals surface area contributed by atoms with Gasteiger partial charge in [-0.15, -0.1) is 0 Å². The Kier molecular flexibility index (Phi) is 6.59. The molecule has 1 amide bonds. The molecule has 3 aromatic carbocycles. The number of aromatic nitrogens is 1. The second kappa shape index (κ2) is 9.91. The molecule has 1 heterocycles. The summed E-state index contributed by atoms with van der Waals surface area (Å²) in [6.07, 6.45) is 0.444. The molecule has 4 aromatic rings. The van der Waals surface area contributed by atoms with Gasteiger partial charge in [-0.2, -0.15) is 0 Å². The van der Waals surface area contributed by atoms with E-state index in [1.165, 1.54) is 0 Å². The predicted molar refractivity (Wildman–Crippen MR) is 126 cm³/mol. The zero-order chi connectivity index (χ0) is 24.1. The molecule has 0 saturated heterocycles. The lowest BCUT2D eigenvalue weighted by Gasteiger charge is -2.14. The van der Waals surface area contributed by atoms with Crippen molar-refractivity contribution < 1.29 is 24.5 Å². The fourth-order valence-corrected chi connectivity index (χ4v) is 3.66. The lowest BCUT2D eigenvalue weighted by atomic mass is 9.99. The Morgan fingerprint density at radius 2 is 1.59 bits per heavy atom. The van der Waals surface area contributed by atoms with Crippen LogP contribution < -0.4 is 15.6 Å². The molecule has 4 N–H and O–H groups in total. The smallest absolute Gasteiger partial charge is 0.322 e. The minimum Gasteiger partial charge on any atom is -0.506 e. The molecule has 0 aliphatic heterocycles. The molecular weight excluding hydrogens is 436 g/mol. The number of ether oxygens (including phenoxy) is 1. The number of aliphatic carboxylic acids is 1. The first-order valence-corrected chi connectivity index (χ1v) is 10.5. The number of hydrogen-bond donors (Lipinski definition) is 4. The van der Waals surface area contributed by atoms with Gasteiger partial charge in [0.25, 0.3) is 11.5 Å². The first kappa shape index (κ1) is 22.6. The van der Waals surface area contributed by atoms with Crippen molar-refractivity contribution in [2.45, 2.75) is 13.0 Å². The summed E-state index contributed by atoms with van der Waals surface area (Å²) >= 11 is 0. The summed E-state index contributed by atoms with van der Waals surface area (Å²) in [5.74, 6) is -2.35. The van der Waals surface area contributed by atoms with Crippen LogP contribution in [-0.2, 0) is 17.8 Å². The van der Waals surface area contributed by atoms with E-state index in [1.807, 2.05) is 60.7 Å². The molecule has 0 spiro atoms. The lowest BCUT2D eigenvalue weighted by molar-refractivity contribution is -0.135. The SMILES string of the molecule is O=C(O)CNC(=O)c1c(O)c2cc(OCc3ccccc3)cc(Cc3ccccc3)c2[nH]c1=O. The summed E-state index contributed by atoms with van der Waals surface area (Å²) in [7, 11) is 0. The van der Waals surface area contributed by atoms with Crippen molar-refractivity contribution in [3.63, 3.8) is 0 Å². The van der Waals surface area contributed by atoms with Crippen LogP contribution in [0.4, 0.5) is 0 Å². The molecule has 0 radical (unpaired) electrons. The zero-order valence-corrected chi connectivity index (χ0v) is 18.1. The summed E-state index contributed by atoms with van der Waals surface area (Å²) in [5.41, 5.74) is 1.61. The molecule has 0 unspecified atom stereocenters. The topological polar surface area (TPSA) is 129 Å². The Labute approximate surface area is 194 Å². The summed E-state index contributed by atoms with van der Waals surface area (Å²) in [5, 5.41) is 22.0. The van der Waals surface area contributed by atoms with E-state index in [1.54, 1.807) is 12.1 Å². The highest BCUT2D eigenvalue weighted by atomic mass is 16.5. The van der Waals surface area contributed by atoms with E-state index < -0.39 is 35.3 Å². The molecule has 0 aliphatic rings. The molecule has 8 heteroatoms. The van der Waals surface area contributed by atoms with Crippen LogP contribution in [0.5, 0.6) is 11.5 Å². The number of carboxylic acid groups (broad SMARTS) is 1. The average Bonchev–Trinajstić information content (AvgIpc) is 2.83. The minimum atomic E-state index is -1.27. The molecule has 0 saturated carbocycles.